The van der Waals surface area contributed by atoms with Crippen molar-refractivity contribution in [1.29, 1.82) is 0 Å². The molecule has 0 radical (unpaired) electrons. The first-order valence-corrected chi connectivity index (χ1v) is 13.4. The average molecular weight is 576 g/mol. The van der Waals surface area contributed by atoms with Crippen LogP contribution in [0, 0.1) is 11.6 Å². The van der Waals surface area contributed by atoms with Crippen LogP contribution in [0.5, 0.6) is 0 Å². The molecule has 1 fully saturated rings. The number of carboxylic acids is 1. The Morgan fingerprint density at radius 1 is 0.923 bits per heavy atom. The van der Waals surface area contributed by atoms with Gasteiger partial charge in [-0.15, -0.1) is 0 Å². The predicted molar refractivity (Wildman–Crippen MR) is 148 cm³/mol. The summed E-state index contributed by atoms with van der Waals surface area (Å²) in [6.07, 6.45) is 1.35. The van der Waals surface area contributed by atoms with Gasteiger partial charge in [-0.3, -0.25) is 19.4 Å². The van der Waals surface area contributed by atoms with Gasteiger partial charge in [-0.1, -0.05) is 53.5 Å². The molecule has 0 spiro atoms. The third-order valence-electron chi connectivity index (χ3n) is 6.94. The van der Waals surface area contributed by atoms with Crippen LogP contribution < -0.4 is 5.32 Å². The minimum atomic E-state index is -0.956. The highest BCUT2D eigenvalue weighted by Gasteiger charge is 2.33. The molecule has 6 nitrogen and oxygen atoms in total. The lowest BCUT2D eigenvalue weighted by Crippen LogP contribution is -2.57. The molecule has 3 aromatic carbocycles. The van der Waals surface area contributed by atoms with E-state index in [0.29, 0.717) is 48.2 Å². The Balaban J connectivity index is 1.36. The molecule has 206 valence electrons. The Labute approximate surface area is 236 Å². The van der Waals surface area contributed by atoms with Crippen LogP contribution >= 0.6 is 23.2 Å². The minimum absolute atomic E-state index is 0.0103. The molecule has 0 saturated carbocycles. The topological polar surface area (TPSA) is 72.9 Å². The normalized spacial score (nSPS) is 16.4. The summed E-state index contributed by atoms with van der Waals surface area (Å²) in [6, 6.07) is 16.7. The second-order valence-corrected chi connectivity index (χ2v) is 10.4. The Hall–Kier alpha value is -3.04. The van der Waals surface area contributed by atoms with Crippen molar-refractivity contribution in [1.82, 2.24) is 9.80 Å². The number of carbonyl (C=O) groups excluding carboxylic acids is 1. The van der Waals surface area contributed by atoms with Crippen LogP contribution in [0.2, 0.25) is 10.0 Å². The third-order valence-corrected chi connectivity index (χ3v) is 7.57. The number of benzene rings is 3. The van der Waals surface area contributed by atoms with Gasteiger partial charge in [0.25, 0.3) is 0 Å². The summed E-state index contributed by atoms with van der Waals surface area (Å²) in [6.45, 7) is 1.74. The van der Waals surface area contributed by atoms with Crippen molar-refractivity contribution in [3.63, 3.8) is 0 Å². The molecule has 1 aliphatic heterocycles. The number of rotatable bonds is 10. The fourth-order valence-corrected chi connectivity index (χ4v) is 5.43. The molecule has 4 rings (SSSR count). The monoisotopic (exact) mass is 575 g/mol. The molecule has 1 aliphatic rings. The van der Waals surface area contributed by atoms with Crippen molar-refractivity contribution in [2.75, 3.05) is 38.0 Å². The first-order valence-electron chi connectivity index (χ1n) is 12.6. The predicted octanol–water partition coefficient (Wildman–Crippen LogP) is 5.89. The number of hydrogen-bond donors (Lipinski definition) is 2. The quantitative estimate of drug-likeness (QED) is 0.315. The summed E-state index contributed by atoms with van der Waals surface area (Å²) < 4.78 is 27.0. The molecule has 1 saturated heterocycles. The summed E-state index contributed by atoms with van der Waals surface area (Å²) in [5.41, 5.74) is 2.15. The largest absolute Gasteiger partial charge is 0.480 e. The maximum atomic E-state index is 13.5. The van der Waals surface area contributed by atoms with E-state index < -0.39 is 12.0 Å². The molecule has 39 heavy (non-hydrogen) atoms. The number of carboxylic acid groups (broad SMARTS) is 1. The number of carbonyl (C=O) groups is 2. The molecular weight excluding hydrogens is 547 g/mol. The van der Waals surface area contributed by atoms with E-state index in [4.69, 9.17) is 23.2 Å². The van der Waals surface area contributed by atoms with Gasteiger partial charge in [-0.25, -0.2) is 8.78 Å². The molecule has 1 atom stereocenters. The summed E-state index contributed by atoms with van der Waals surface area (Å²) in [4.78, 5) is 28.4. The molecule has 0 aliphatic carbocycles. The second-order valence-electron chi connectivity index (χ2n) is 9.57. The van der Waals surface area contributed by atoms with Crippen LogP contribution in [0.1, 0.15) is 29.9 Å². The molecule has 2 N–H and O–H groups in total. The van der Waals surface area contributed by atoms with E-state index in [1.807, 2.05) is 4.90 Å². The van der Waals surface area contributed by atoms with E-state index in [1.165, 1.54) is 24.3 Å². The minimum Gasteiger partial charge on any atom is -0.480 e. The van der Waals surface area contributed by atoms with Gasteiger partial charge in [0.1, 0.15) is 17.7 Å². The van der Waals surface area contributed by atoms with Gasteiger partial charge >= 0.3 is 5.97 Å². The van der Waals surface area contributed by atoms with E-state index in [0.717, 1.165) is 11.1 Å². The molecule has 1 heterocycles. The molecule has 0 aromatic heterocycles. The van der Waals surface area contributed by atoms with Crippen molar-refractivity contribution in [3.8, 4) is 0 Å². The van der Waals surface area contributed by atoms with E-state index in [1.54, 1.807) is 47.4 Å². The van der Waals surface area contributed by atoms with Gasteiger partial charge in [-0.05, 0) is 66.9 Å². The lowest BCUT2D eigenvalue weighted by molar-refractivity contribution is -0.146. The number of halogens is 4. The summed E-state index contributed by atoms with van der Waals surface area (Å²) >= 11 is 12.3. The van der Waals surface area contributed by atoms with Crippen molar-refractivity contribution < 1.29 is 23.5 Å². The maximum Gasteiger partial charge on any atom is 0.322 e. The van der Waals surface area contributed by atoms with Gasteiger partial charge in [0.05, 0.1) is 22.3 Å². The highest BCUT2D eigenvalue weighted by Crippen LogP contribution is 2.31. The average Bonchev–Trinajstić information content (AvgIpc) is 2.91. The van der Waals surface area contributed by atoms with Gasteiger partial charge < -0.3 is 10.4 Å². The second kappa shape index (κ2) is 13.3. The van der Waals surface area contributed by atoms with Gasteiger partial charge in [-0.2, -0.15) is 0 Å². The number of amides is 1. The zero-order valence-corrected chi connectivity index (χ0v) is 22.6. The summed E-state index contributed by atoms with van der Waals surface area (Å²) in [7, 11) is 0. The Kier molecular flexibility index (Phi) is 9.91. The Bertz CT molecular complexity index is 1230. The van der Waals surface area contributed by atoms with Gasteiger partial charge in [0, 0.05) is 25.6 Å². The zero-order valence-electron chi connectivity index (χ0n) is 21.1. The van der Waals surface area contributed by atoms with Gasteiger partial charge in [0.15, 0.2) is 0 Å². The Morgan fingerprint density at radius 3 is 2.03 bits per heavy atom. The SMILES string of the molecule is O=C(CN1CCN(CCCC(c2ccc(F)cc2)c2ccc(F)cc2)C(C(=O)O)C1)Nc1c(Cl)cccc1Cl. The summed E-state index contributed by atoms with van der Waals surface area (Å²) in [5.74, 6) is -2.03. The number of nitrogens with one attached hydrogen (secondary N) is 1. The fraction of sp³-hybridized carbons (Fsp3) is 0.310. The first-order chi connectivity index (χ1) is 18.7. The van der Waals surface area contributed by atoms with Crippen LogP contribution in [0.4, 0.5) is 14.5 Å². The lowest BCUT2D eigenvalue weighted by Gasteiger charge is -2.39. The van der Waals surface area contributed by atoms with Crippen molar-refractivity contribution in [2.24, 2.45) is 0 Å². The molecule has 3 aromatic rings. The number of aliphatic carboxylic acids is 1. The molecular formula is C29H29Cl2F2N3O3. The highest BCUT2D eigenvalue weighted by molar-refractivity contribution is 6.39. The molecule has 10 heteroatoms. The van der Waals surface area contributed by atoms with E-state index >= 15 is 0 Å². The smallest absolute Gasteiger partial charge is 0.322 e. The highest BCUT2D eigenvalue weighted by atomic mass is 35.5. The summed E-state index contributed by atoms with van der Waals surface area (Å²) in [5, 5.41) is 13.3. The van der Waals surface area contributed by atoms with Crippen LogP contribution in [0.15, 0.2) is 66.7 Å². The number of hydrogen-bond acceptors (Lipinski definition) is 4. The standard InChI is InChI=1S/C29H29Cl2F2N3O3/c30-24-4-1-5-25(31)28(24)34-27(37)18-35-15-16-36(26(17-35)29(38)39)14-2-3-23(19-6-10-21(32)11-7-19)20-8-12-22(33)13-9-20/h1,4-13,23,26H,2-3,14-18H2,(H,34,37)(H,38,39). The maximum absolute atomic E-state index is 13.5. The van der Waals surface area contributed by atoms with Crippen molar-refractivity contribution in [3.05, 3.63) is 99.5 Å². The van der Waals surface area contributed by atoms with Crippen molar-refractivity contribution >= 4 is 40.8 Å². The number of nitrogens with zero attached hydrogens (tertiary/aromatic N) is 2. The van der Waals surface area contributed by atoms with Crippen LogP contribution in [0.3, 0.4) is 0 Å². The zero-order chi connectivity index (χ0) is 27.9. The van der Waals surface area contributed by atoms with E-state index in [-0.39, 0.29) is 36.5 Å². The number of anilines is 1. The van der Waals surface area contributed by atoms with Crippen molar-refractivity contribution in [2.45, 2.75) is 24.8 Å². The van der Waals surface area contributed by atoms with Crippen LogP contribution in [-0.2, 0) is 9.59 Å². The van der Waals surface area contributed by atoms with Crippen LogP contribution in [-0.4, -0.2) is 65.5 Å². The molecule has 0 bridgehead atoms. The third kappa shape index (κ3) is 7.76. The molecule has 1 unspecified atom stereocenters. The van der Waals surface area contributed by atoms with Crippen LogP contribution in [0.25, 0.3) is 0 Å². The molecule has 1 amide bonds. The first kappa shape index (κ1) is 29.0. The number of para-hydroxylation sites is 1. The van der Waals surface area contributed by atoms with Gasteiger partial charge in [0.2, 0.25) is 5.91 Å². The lowest BCUT2D eigenvalue weighted by atomic mass is 9.87. The van der Waals surface area contributed by atoms with E-state index in [2.05, 4.69) is 5.32 Å². The fourth-order valence-electron chi connectivity index (χ4n) is 4.94. The van der Waals surface area contributed by atoms with E-state index in [9.17, 15) is 23.5 Å². The Morgan fingerprint density at radius 2 is 1.49 bits per heavy atom. The number of piperazine rings is 1.